The summed E-state index contributed by atoms with van der Waals surface area (Å²) >= 11 is 0. The predicted molar refractivity (Wildman–Crippen MR) is 65.6 cm³/mol. The number of phenolic OH excluding ortho intramolecular Hbond substituents is 1. The molecule has 6 heteroatoms. The number of aromatic hydroxyl groups is 1. The van der Waals surface area contributed by atoms with Gasteiger partial charge in [0.05, 0.1) is 5.56 Å². The number of hydrogen-bond acceptors (Lipinski definition) is 4. The Morgan fingerprint density at radius 1 is 1.32 bits per heavy atom. The van der Waals surface area contributed by atoms with Gasteiger partial charge in [0, 0.05) is 33.4 Å². The van der Waals surface area contributed by atoms with Crippen molar-refractivity contribution in [2.24, 2.45) is 0 Å². The minimum absolute atomic E-state index is 0.0769. The van der Waals surface area contributed by atoms with Crippen molar-refractivity contribution in [1.82, 2.24) is 4.90 Å². The molecule has 2 atom stereocenters. The molecule has 1 aliphatic rings. The number of halogens is 1. The van der Waals surface area contributed by atoms with E-state index in [9.17, 15) is 14.3 Å². The molecule has 1 N–H and O–H groups in total. The fourth-order valence-corrected chi connectivity index (χ4v) is 2.22. The van der Waals surface area contributed by atoms with Crippen LogP contribution in [0.5, 0.6) is 5.75 Å². The van der Waals surface area contributed by atoms with Gasteiger partial charge in [-0.25, -0.2) is 4.39 Å². The Morgan fingerprint density at radius 2 is 1.89 bits per heavy atom. The largest absolute Gasteiger partial charge is 0.507 e. The highest BCUT2D eigenvalue weighted by Gasteiger charge is 2.36. The van der Waals surface area contributed by atoms with Gasteiger partial charge in [-0.3, -0.25) is 4.79 Å². The zero-order valence-corrected chi connectivity index (χ0v) is 10.8. The van der Waals surface area contributed by atoms with Gasteiger partial charge >= 0.3 is 0 Å². The standard InChI is InChI=1S/C13H16FNO4/c1-18-11-6-15(7-12(11)19-2)13(17)9-4-3-8(14)5-10(9)16/h3-5,11-12,16H,6-7H2,1-2H3. The predicted octanol–water partition coefficient (Wildman–Crippen LogP) is 1.02. The van der Waals surface area contributed by atoms with Gasteiger partial charge in [0.1, 0.15) is 23.8 Å². The summed E-state index contributed by atoms with van der Waals surface area (Å²) in [5, 5.41) is 9.62. The number of phenols is 1. The van der Waals surface area contributed by atoms with Gasteiger partial charge in [0.25, 0.3) is 5.91 Å². The molecule has 1 heterocycles. The number of ether oxygens (including phenoxy) is 2. The van der Waals surface area contributed by atoms with Gasteiger partial charge in [-0.1, -0.05) is 0 Å². The van der Waals surface area contributed by atoms with Crippen molar-refractivity contribution in [3.05, 3.63) is 29.6 Å². The molecule has 0 radical (unpaired) electrons. The Bertz CT molecular complexity index is 468. The van der Waals surface area contributed by atoms with Gasteiger partial charge in [-0.2, -0.15) is 0 Å². The number of nitrogens with zero attached hydrogens (tertiary/aromatic N) is 1. The molecule has 1 aromatic carbocycles. The summed E-state index contributed by atoms with van der Waals surface area (Å²) in [6.45, 7) is 0.759. The summed E-state index contributed by atoms with van der Waals surface area (Å²) in [4.78, 5) is 13.8. The number of carbonyl (C=O) groups excluding carboxylic acids is 1. The molecule has 1 amide bonds. The number of hydrogen-bond donors (Lipinski definition) is 1. The Hall–Kier alpha value is -1.66. The molecule has 0 saturated carbocycles. The SMILES string of the molecule is COC1CN(C(=O)c2ccc(F)cc2O)CC1OC. The fourth-order valence-electron chi connectivity index (χ4n) is 2.22. The van der Waals surface area contributed by atoms with Crippen LogP contribution in [0.1, 0.15) is 10.4 Å². The van der Waals surface area contributed by atoms with E-state index in [1.165, 1.54) is 11.0 Å². The molecule has 5 nitrogen and oxygen atoms in total. The smallest absolute Gasteiger partial charge is 0.257 e. The third kappa shape index (κ3) is 2.69. The molecule has 19 heavy (non-hydrogen) atoms. The van der Waals surface area contributed by atoms with Gasteiger partial charge in [0.15, 0.2) is 0 Å². The zero-order valence-electron chi connectivity index (χ0n) is 10.8. The van der Waals surface area contributed by atoms with Crippen molar-refractivity contribution in [2.75, 3.05) is 27.3 Å². The average molecular weight is 269 g/mol. The maximum atomic E-state index is 12.9. The topological polar surface area (TPSA) is 59.0 Å². The van der Waals surface area contributed by atoms with Crippen LogP contribution in [-0.4, -0.2) is 55.4 Å². The highest BCUT2D eigenvalue weighted by molar-refractivity contribution is 5.97. The van der Waals surface area contributed by atoms with Crippen molar-refractivity contribution in [1.29, 1.82) is 0 Å². The highest BCUT2D eigenvalue weighted by atomic mass is 19.1. The molecular weight excluding hydrogens is 253 g/mol. The first-order chi connectivity index (χ1) is 9.06. The lowest BCUT2D eigenvalue weighted by molar-refractivity contribution is -0.00461. The summed E-state index contributed by atoms with van der Waals surface area (Å²) in [5.74, 6) is -1.31. The lowest BCUT2D eigenvalue weighted by atomic mass is 10.1. The number of benzene rings is 1. The normalized spacial score (nSPS) is 22.8. The maximum absolute atomic E-state index is 12.9. The molecule has 1 saturated heterocycles. The Labute approximate surface area is 110 Å². The first kappa shape index (κ1) is 13.8. The lowest BCUT2D eigenvalue weighted by Crippen LogP contribution is -2.30. The second kappa shape index (κ2) is 5.54. The van der Waals surface area contributed by atoms with E-state index in [1.54, 1.807) is 14.2 Å². The molecule has 1 aliphatic heterocycles. The van der Waals surface area contributed by atoms with E-state index in [0.717, 1.165) is 12.1 Å². The summed E-state index contributed by atoms with van der Waals surface area (Å²) in [6.07, 6.45) is -0.395. The number of likely N-dealkylation sites (tertiary alicyclic amines) is 1. The van der Waals surface area contributed by atoms with E-state index >= 15 is 0 Å². The van der Waals surface area contributed by atoms with Crippen LogP contribution in [0.15, 0.2) is 18.2 Å². The van der Waals surface area contributed by atoms with Crippen molar-refractivity contribution < 1.29 is 23.8 Å². The lowest BCUT2D eigenvalue weighted by Gasteiger charge is -2.16. The fraction of sp³-hybridized carbons (Fsp3) is 0.462. The van der Waals surface area contributed by atoms with E-state index in [-0.39, 0.29) is 29.4 Å². The average Bonchev–Trinajstić information content (AvgIpc) is 2.81. The van der Waals surface area contributed by atoms with Crippen molar-refractivity contribution >= 4 is 5.91 Å². The van der Waals surface area contributed by atoms with Crippen LogP contribution in [0, 0.1) is 5.82 Å². The zero-order chi connectivity index (χ0) is 14.0. The van der Waals surface area contributed by atoms with E-state index in [0.29, 0.717) is 13.1 Å². The number of carbonyl (C=O) groups is 1. The summed E-state index contributed by atoms with van der Waals surface area (Å²) in [7, 11) is 3.11. The molecule has 2 rings (SSSR count). The second-order valence-electron chi connectivity index (χ2n) is 4.42. The molecule has 0 bridgehead atoms. The van der Waals surface area contributed by atoms with Crippen LogP contribution < -0.4 is 0 Å². The molecule has 0 aliphatic carbocycles. The summed E-state index contributed by atoms with van der Waals surface area (Å²) < 4.78 is 23.4. The van der Waals surface area contributed by atoms with Crippen LogP contribution in [0.4, 0.5) is 4.39 Å². The number of amides is 1. The van der Waals surface area contributed by atoms with Crippen molar-refractivity contribution in [3.8, 4) is 5.75 Å². The van der Waals surface area contributed by atoms with Gasteiger partial charge in [0.2, 0.25) is 0 Å². The minimum Gasteiger partial charge on any atom is -0.507 e. The number of methoxy groups -OCH3 is 2. The van der Waals surface area contributed by atoms with Crippen LogP contribution in [0.25, 0.3) is 0 Å². The highest BCUT2D eigenvalue weighted by Crippen LogP contribution is 2.23. The van der Waals surface area contributed by atoms with E-state index in [4.69, 9.17) is 9.47 Å². The van der Waals surface area contributed by atoms with Crippen LogP contribution >= 0.6 is 0 Å². The third-order valence-corrected chi connectivity index (χ3v) is 3.30. The Kier molecular flexibility index (Phi) is 4.01. The van der Waals surface area contributed by atoms with E-state index < -0.39 is 5.82 Å². The monoisotopic (exact) mass is 269 g/mol. The first-order valence-electron chi connectivity index (χ1n) is 5.90. The van der Waals surface area contributed by atoms with E-state index in [2.05, 4.69) is 0 Å². The second-order valence-corrected chi connectivity index (χ2v) is 4.42. The van der Waals surface area contributed by atoms with Gasteiger partial charge < -0.3 is 19.5 Å². The summed E-state index contributed by atoms with van der Waals surface area (Å²) in [6, 6.07) is 3.34. The number of rotatable bonds is 3. The van der Waals surface area contributed by atoms with Crippen LogP contribution in [0.3, 0.4) is 0 Å². The molecule has 2 unspecified atom stereocenters. The Balaban J connectivity index is 2.17. The van der Waals surface area contributed by atoms with Crippen LogP contribution in [-0.2, 0) is 9.47 Å². The molecule has 104 valence electrons. The quantitative estimate of drug-likeness (QED) is 0.890. The third-order valence-electron chi connectivity index (χ3n) is 3.30. The molecule has 1 fully saturated rings. The first-order valence-corrected chi connectivity index (χ1v) is 5.90. The van der Waals surface area contributed by atoms with Crippen LogP contribution in [0.2, 0.25) is 0 Å². The summed E-state index contributed by atoms with van der Waals surface area (Å²) in [5.41, 5.74) is 0.0769. The minimum atomic E-state index is -0.583. The van der Waals surface area contributed by atoms with Crippen molar-refractivity contribution in [2.45, 2.75) is 12.2 Å². The van der Waals surface area contributed by atoms with Gasteiger partial charge in [-0.05, 0) is 12.1 Å². The molecule has 1 aromatic rings. The Morgan fingerprint density at radius 3 is 2.37 bits per heavy atom. The molecule has 0 spiro atoms. The van der Waals surface area contributed by atoms with E-state index in [1.807, 2.05) is 0 Å². The molecule has 0 aromatic heterocycles. The van der Waals surface area contributed by atoms with Gasteiger partial charge in [-0.15, -0.1) is 0 Å². The van der Waals surface area contributed by atoms with Crippen molar-refractivity contribution in [3.63, 3.8) is 0 Å². The molecular formula is C13H16FNO4. The maximum Gasteiger partial charge on any atom is 0.257 e.